The lowest BCUT2D eigenvalue weighted by Gasteiger charge is -2.44. The molecule has 0 aliphatic carbocycles. The Balaban J connectivity index is 2.12. The number of rotatable bonds is 10. The van der Waals surface area contributed by atoms with Crippen LogP contribution in [0.1, 0.15) is 45.6 Å². The van der Waals surface area contributed by atoms with Gasteiger partial charge in [-0.2, -0.15) is 0 Å². The van der Waals surface area contributed by atoms with Crippen LogP contribution in [0.25, 0.3) is 5.69 Å². The molecule has 1 atom stereocenters. The number of hydrogen-bond donors (Lipinski definition) is 1. The van der Waals surface area contributed by atoms with Gasteiger partial charge in [-0.3, -0.25) is 9.69 Å². The van der Waals surface area contributed by atoms with E-state index in [0.717, 1.165) is 12.0 Å². The predicted octanol–water partition coefficient (Wildman–Crippen LogP) is 3.91. The van der Waals surface area contributed by atoms with Crippen molar-refractivity contribution in [1.82, 2.24) is 20.2 Å². The van der Waals surface area contributed by atoms with Crippen molar-refractivity contribution in [3.8, 4) is 5.69 Å². The molecule has 32 heavy (non-hydrogen) atoms. The Labute approximate surface area is 187 Å². The molecule has 1 heterocycles. The summed E-state index contributed by atoms with van der Waals surface area (Å²) in [5, 5.41) is 22.1. The van der Waals surface area contributed by atoms with Gasteiger partial charge in [0.15, 0.2) is 11.9 Å². The van der Waals surface area contributed by atoms with Gasteiger partial charge in [-0.1, -0.05) is 57.5 Å². The summed E-state index contributed by atoms with van der Waals surface area (Å²) in [6, 6.07) is 16.4. The normalized spacial score (nSPS) is 13.0. The number of carboxylic acids is 1. The molecule has 0 spiro atoms. The third-order valence-electron chi connectivity index (χ3n) is 5.72. The molecule has 1 N–H and O–H groups in total. The first-order valence-electron chi connectivity index (χ1n) is 10.8. The van der Waals surface area contributed by atoms with Crippen LogP contribution < -0.4 is 4.90 Å². The molecule has 0 saturated heterocycles. The van der Waals surface area contributed by atoms with Crippen LogP contribution >= 0.6 is 0 Å². The van der Waals surface area contributed by atoms with Crippen LogP contribution in [0.2, 0.25) is 0 Å². The third kappa shape index (κ3) is 4.69. The number of unbranched alkanes of at least 4 members (excludes halogenated alkanes) is 1. The molecule has 3 aromatic rings. The number of carbonyl (C=O) groups is 2. The number of aromatic nitrogens is 4. The highest BCUT2D eigenvalue weighted by Gasteiger charge is 2.50. The van der Waals surface area contributed by atoms with E-state index >= 15 is 0 Å². The molecule has 1 aromatic heterocycles. The van der Waals surface area contributed by atoms with E-state index in [2.05, 4.69) is 15.4 Å². The summed E-state index contributed by atoms with van der Waals surface area (Å²) in [5.74, 6) is -1.57. The molecular formula is C24H29N5O3. The Kier molecular flexibility index (Phi) is 7.35. The zero-order valence-corrected chi connectivity index (χ0v) is 18.7. The number of nitrogens with zero attached hydrogens (tertiary/aromatic N) is 5. The van der Waals surface area contributed by atoms with E-state index in [1.807, 2.05) is 51.1 Å². The molecule has 168 valence electrons. The Morgan fingerprint density at radius 2 is 1.78 bits per heavy atom. The molecule has 8 nitrogen and oxygen atoms in total. The number of benzene rings is 2. The topological polar surface area (TPSA) is 101 Å². The summed E-state index contributed by atoms with van der Waals surface area (Å²) in [5.41, 5.74) is 0.613. The maximum atomic E-state index is 13.5. The second-order valence-corrected chi connectivity index (χ2v) is 8.12. The van der Waals surface area contributed by atoms with Crippen LogP contribution in [0.5, 0.6) is 0 Å². The average molecular weight is 436 g/mol. The summed E-state index contributed by atoms with van der Waals surface area (Å²) in [7, 11) is 0. The monoisotopic (exact) mass is 435 g/mol. The summed E-state index contributed by atoms with van der Waals surface area (Å²) in [4.78, 5) is 29.2. The molecule has 0 bridgehead atoms. The van der Waals surface area contributed by atoms with E-state index in [9.17, 15) is 14.7 Å². The number of aliphatic carboxylic acids is 1. The quantitative estimate of drug-likeness (QED) is 0.518. The number of hydrogen-bond acceptors (Lipinski definition) is 5. The van der Waals surface area contributed by atoms with Gasteiger partial charge < -0.3 is 5.11 Å². The number of carbonyl (C=O) groups excluding carboxylic acids is 1. The zero-order valence-electron chi connectivity index (χ0n) is 18.7. The van der Waals surface area contributed by atoms with Crippen LogP contribution in [0.15, 0.2) is 60.9 Å². The van der Waals surface area contributed by atoms with Crippen LogP contribution in [0, 0.1) is 5.92 Å². The smallest absolute Gasteiger partial charge is 0.330 e. The molecule has 8 heteroatoms. The Morgan fingerprint density at radius 3 is 2.31 bits per heavy atom. The Hall–Kier alpha value is -3.55. The van der Waals surface area contributed by atoms with Crippen molar-refractivity contribution in [3.05, 3.63) is 66.5 Å². The van der Waals surface area contributed by atoms with Gasteiger partial charge in [-0.05, 0) is 47.4 Å². The van der Waals surface area contributed by atoms with Crippen molar-refractivity contribution in [3.63, 3.8) is 0 Å². The third-order valence-corrected chi connectivity index (χ3v) is 5.72. The first kappa shape index (κ1) is 23.1. The van der Waals surface area contributed by atoms with Crippen LogP contribution in [-0.2, 0) is 16.0 Å². The minimum Gasteiger partial charge on any atom is -0.479 e. The van der Waals surface area contributed by atoms with Gasteiger partial charge in [-0.25, -0.2) is 4.79 Å². The van der Waals surface area contributed by atoms with Crippen molar-refractivity contribution >= 4 is 17.6 Å². The highest BCUT2D eigenvalue weighted by molar-refractivity contribution is 6.02. The fourth-order valence-corrected chi connectivity index (χ4v) is 3.92. The molecule has 0 unspecified atom stereocenters. The molecule has 0 fully saturated rings. The SMILES string of the molecule is CCCCC(=O)N(c1ccc(-n2ncnn2)cc1)[C@](Cc1ccccc1)(C(=O)O)C(C)C. The Bertz CT molecular complexity index is 1020. The molecule has 1 amide bonds. The minimum atomic E-state index is -1.45. The lowest BCUT2D eigenvalue weighted by molar-refractivity contribution is -0.147. The fraction of sp³-hybridized carbons (Fsp3) is 0.375. The van der Waals surface area contributed by atoms with E-state index in [1.54, 1.807) is 24.3 Å². The predicted molar refractivity (Wildman–Crippen MR) is 122 cm³/mol. The van der Waals surface area contributed by atoms with Crippen LogP contribution in [0.4, 0.5) is 5.69 Å². The molecular weight excluding hydrogens is 406 g/mol. The van der Waals surface area contributed by atoms with Gasteiger partial charge in [0.1, 0.15) is 0 Å². The standard InChI is InChI=1S/C24H29N5O3/c1-4-5-11-22(30)28(20-12-14-21(15-13-20)29-26-17-25-27-29)24(18(2)3,23(31)32)16-19-9-7-6-8-10-19/h6-10,12-15,17-18H,4-5,11,16H2,1-3H3,(H,31,32)/t24-/m0/s1. The summed E-state index contributed by atoms with van der Waals surface area (Å²) >= 11 is 0. The highest BCUT2D eigenvalue weighted by atomic mass is 16.4. The lowest BCUT2D eigenvalue weighted by Crippen LogP contribution is -2.62. The van der Waals surface area contributed by atoms with Gasteiger partial charge in [0.25, 0.3) is 0 Å². The second kappa shape index (κ2) is 10.2. The van der Waals surface area contributed by atoms with E-state index in [1.165, 1.54) is 16.0 Å². The molecule has 0 aliphatic heterocycles. The number of anilines is 1. The van der Waals surface area contributed by atoms with E-state index in [-0.39, 0.29) is 24.7 Å². The summed E-state index contributed by atoms with van der Waals surface area (Å²) in [6.45, 7) is 5.71. The van der Waals surface area contributed by atoms with Crippen molar-refractivity contribution in [1.29, 1.82) is 0 Å². The maximum Gasteiger partial charge on any atom is 0.330 e. The summed E-state index contributed by atoms with van der Waals surface area (Å²) in [6.07, 6.45) is 3.35. The minimum absolute atomic E-state index is 0.199. The molecule has 2 aromatic carbocycles. The number of carboxylic acid groups (broad SMARTS) is 1. The van der Waals surface area contributed by atoms with Crippen LogP contribution in [0.3, 0.4) is 0 Å². The Morgan fingerprint density at radius 1 is 1.09 bits per heavy atom. The maximum absolute atomic E-state index is 13.5. The highest BCUT2D eigenvalue weighted by Crippen LogP contribution is 2.36. The number of amides is 1. The molecule has 0 radical (unpaired) electrons. The van der Waals surface area contributed by atoms with Gasteiger partial charge in [0, 0.05) is 18.5 Å². The largest absolute Gasteiger partial charge is 0.479 e. The first-order chi connectivity index (χ1) is 15.4. The van der Waals surface area contributed by atoms with Gasteiger partial charge in [0.2, 0.25) is 5.91 Å². The second-order valence-electron chi connectivity index (χ2n) is 8.12. The van der Waals surface area contributed by atoms with E-state index in [0.29, 0.717) is 17.8 Å². The van der Waals surface area contributed by atoms with Gasteiger partial charge in [-0.15, -0.1) is 15.0 Å². The zero-order chi connectivity index (χ0) is 23.1. The summed E-state index contributed by atoms with van der Waals surface area (Å²) < 4.78 is 0. The average Bonchev–Trinajstić information content (AvgIpc) is 3.33. The van der Waals surface area contributed by atoms with Crippen molar-refractivity contribution in [2.45, 2.75) is 52.0 Å². The lowest BCUT2D eigenvalue weighted by atomic mass is 9.78. The molecule has 0 aliphatic rings. The molecule has 3 rings (SSSR count). The first-order valence-corrected chi connectivity index (χ1v) is 10.8. The molecule has 0 saturated carbocycles. The van der Waals surface area contributed by atoms with Crippen molar-refractivity contribution in [2.75, 3.05) is 4.90 Å². The van der Waals surface area contributed by atoms with Gasteiger partial charge >= 0.3 is 5.97 Å². The van der Waals surface area contributed by atoms with E-state index < -0.39 is 11.5 Å². The van der Waals surface area contributed by atoms with E-state index in [4.69, 9.17) is 0 Å². The number of tetrazole rings is 1. The van der Waals surface area contributed by atoms with Crippen molar-refractivity contribution in [2.24, 2.45) is 5.92 Å². The van der Waals surface area contributed by atoms with Crippen molar-refractivity contribution < 1.29 is 14.7 Å². The van der Waals surface area contributed by atoms with Crippen LogP contribution in [-0.4, -0.2) is 42.7 Å². The van der Waals surface area contributed by atoms with Gasteiger partial charge in [0.05, 0.1) is 5.69 Å². The fourth-order valence-electron chi connectivity index (χ4n) is 3.92.